The number of carbonyl (C=O) groups excluding carboxylic acids is 1. The molecule has 26 heavy (non-hydrogen) atoms. The Labute approximate surface area is 171 Å². The number of amides is 1. The summed E-state index contributed by atoms with van der Waals surface area (Å²) in [6, 6.07) is 8.41. The van der Waals surface area contributed by atoms with Gasteiger partial charge in [-0.05, 0) is 44.2 Å². The highest BCUT2D eigenvalue weighted by molar-refractivity contribution is 14.0. The molecule has 0 aliphatic carbocycles. The molecule has 3 atom stereocenters. The van der Waals surface area contributed by atoms with Crippen molar-refractivity contribution < 1.29 is 9.53 Å². The van der Waals surface area contributed by atoms with Crippen LogP contribution in [0.3, 0.4) is 0 Å². The number of fused-ring (bicyclic) bond motifs is 3. The highest BCUT2D eigenvalue weighted by Gasteiger charge is 2.41. The molecule has 3 heterocycles. The number of hydrogen-bond acceptors (Lipinski definition) is 3. The van der Waals surface area contributed by atoms with E-state index in [1.165, 1.54) is 12.0 Å². The third-order valence-electron chi connectivity index (χ3n) is 5.33. The molecule has 0 radical (unpaired) electrons. The predicted octanol–water partition coefficient (Wildman–Crippen LogP) is 2.07. The van der Waals surface area contributed by atoms with Crippen LogP contribution >= 0.6 is 24.0 Å². The Bertz CT molecular complexity index is 681. The number of anilines is 1. The van der Waals surface area contributed by atoms with Crippen molar-refractivity contribution in [2.45, 2.75) is 50.9 Å². The molecule has 6 nitrogen and oxygen atoms in total. The molecular formula is C19H27IN4O2. The van der Waals surface area contributed by atoms with Crippen LogP contribution in [0, 0.1) is 0 Å². The third kappa shape index (κ3) is 3.98. The van der Waals surface area contributed by atoms with Crippen LogP contribution in [-0.4, -0.2) is 49.8 Å². The standard InChI is InChI=1S/C19H26N4O2.HI/c1-2-20-19(22-15-11-14-7-8-17(15)25-14)21-12-18(24)23-10-9-13-5-3-4-6-16(13)23;/h3-6,14-15,17H,2,7-12H2,1H3,(H2,20,21,22);1H. The van der Waals surface area contributed by atoms with Crippen molar-refractivity contribution in [2.75, 3.05) is 24.5 Å². The van der Waals surface area contributed by atoms with Crippen LogP contribution in [0.5, 0.6) is 0 Å². The van der Waals surface area contributed by atoms with Crippen LogP contribution in [0.15, 0.2) is 29.3 Å². The van der Waals surface area contributed by atoms with Crippen molar-refractivity contribution in [1.29, 1.82) is 0 Å². The average molecular weight is 470 g/mol. The Balaban J connectivity index is 0.00000196. The number of nitrogens with one attached hydrogen (secondary N) is 2. The van der Waals surface area contributed by atoms with E-state index >= 15 is 0 Å². The van der Waals surface area contributed by atoms with E-state index in [-0.39, 0.29) is 42.5 Å². The van der Waals surface area contributed by atoms with Crippen molar-refractivity contribution in [2.24, 2.45) is 4.99 Å². The molecule has 1 aromatic carbocycles. The van der Waals surface area contributed by atoms with Gasteiger partial charge < -0.3 is 20.3 Å². The van der Waals surface area contributed by atoms with Crippen LogP contribution in [0.2, 0.25) is 0 Å². The lowest BCUT2D eigenvalue weighted by molar-refractivity contribution is -0.117. The molecule has 4 rings (SSSR count). The average Bonchev–Trinajstić information content (AvgIpc) is 3.34. The Hall–Kier alpha value is -1.35. The molecule has 2 N–H and O–H groups in total. The van der Waals surface area contributed by atoms with E-state index in [0.29, 0.717) is 18.1 Å². The van der Waals surface area contributed by atoms with Crippen LogP contribution in [0.4, 0.5) is 5.69 Å². The maximum atomic E-state index is 12.6. The molecule has 3 unspecified atom stereocenters. The van der Waals surface area contributed by atoms with Crippen LogP contribution < -0.4 is 15.5 Å². The van der Waals surface area contributed by atoms with E-state index in [0.717, 1.165) is 38.0 Å². The van der Waals surface area contributed by atoms with Gasteiger partial charge in [0.25, 0.3) is 0 Å². The molecule has 0 spiro atoms. The van der Waals surface area contributed by atoms with E-state index in [1.54, 1.807) is 0 Å². The molecule has 2 fully saturated rings. The minimum atomic E-state index is 0. The first-order chi connectivity index (χ1) is 12.2. The van der Waals surface area contributed by atoms with E-state index in [4.69, 9.17) is 4.74 Å². The van der Waals surface area contributed by atoms with Gasteiger partial charge in [-0.25, -0.2) is 4.99 Å². The van der Waals surface area contributed by atoms with Crippen LogP contribution in [0.1, 0.15) is 31.7 Å². The number of ether oxygens (including phenoxy) is 1. The fourth-order valence-corrected chi connectivity index (χ4v) is 4.11. The van der Waals surface area contributed by atoms with Crippen molar-refractivity contribution in [3.8, 4) is 0 Å². The summed E-state index contributed by atoms with van der Waals surface area (Å²) in [7, 11) is 0. The van der Waals surface area contributed by atoms with Crippen molar-refractivity contribution in [1.82, 2.24) is 10.6 Å². The second-order valence-corrected chi connectivity index (χ2v) is 6.98. The molecule has 1 aromatic rings. The van der Waals surface area contributed by atoms with E-state index in [9.17, 15) is 4.79 Å². The highest BCUT2D eigenvalue weighted by atomic mass is 127. The van der Waals surface area contributed by atoms with Crippen LogP contribution in [-0.2, 0) is 16.0 Å². The summed E-state index contributed by atoms with van der Waals surface area (Å²) in [6.45, 7) is 3.71. The van der Waals surface area contributed by atoms with Gasteiger partial charge in [0.15, 0.2) is 5.96 Å². The monoisotopic (exact) mass is 470 g/mol. The van der Waals surface area contributed by atoms with E-state index in [2.05, 4.69) is 21.7 Å². The minimum Gasteiger partial charge on any atom is -0.373 e. The number of para-hydroxylation sites is 1. The lowest BCUT2D eigenvalue weighted by Crippen LogP contribution is -2.47. The number of carbonyl (C=O) groups is 1. The topological polar surface area (TPSA) is 66.0 Å². The summed E-state index contributed by atoms with van der Waals surface area (Å²) < 4.78 is 5.89. The van der Waals surface area contributed by atoms with Gasteiger partial charge in [0.2, 0.25) is 5.91 Å². The number of guanidine groups is 1. The van der Waals surface area contributed by atoms with Gasteiger partial charge in [-0.15, -0.1) is 24.0 Å². The number of nitrogens with zero attached hydrogens (tertiary/aromatic N) is 2. The fourth-order valence-electron chi connectivity index (χ4n) is 4.11. The number of hydrogen-bond donors (Lipinski definition) is 2. The smallest absolute Gasteiger partial charge is 0.248 e. The normalized spacial score (nSPS) is 26.4. The molecule has 1 amide bonds. The SMILES string of the molecule is CCNC(=NCC(=O)N1CCc2ccccc21)NC1CC2CCC1O2.I. The summed E-state index contributed by atoms with van der Waals surface area (Å²) in [5, 5.41) is 6.70. The minimum absolute atomic E-state index is 0. The second-order valence-electron chi connectivity index (χ2n) is 6.98. The molecule has 0 saturated carbocycles. The van der Waals surface area contributed by atoms with Gasteiger partial charge in [-0.3, -0.25) is 4.79 Å². The molecule has 3 aliphatic heterocycles. The summed E-state index contributed by atoms with van der Waals surface area (Å²) in [4.78, 5) is 19.0. The quantitative estimate of drug-likeness (QED) is 0.402. The first-order valence-corrected chi connectivity index (χ1v) is 9.33. The maximum Gasteiger partial charge on any atom is 0.248 e. The van der Waals surface area contributed by atoms with Crippen molar-refractivity contribution >= 4 is 41.5 Å². The fraction of sp³-hybridized carbons (Fsp3) is 0.579. The summed E-state index contributed by atoms with van der Waals surface area (Å²) >= 11 is 0. The van der Waals surface area contributed by atoms with Gasteiger partial charge in [0, 0.05) is 18.8 Å². The first-order valence-electron chi connectivity index (χ1n) is 9.33. The molecule has 0 aromatic heterocycles. The zero-order chi connectivity index (χ0) is 17.2. The first kappa shape index (κ1) is 19.4. The van der Waals surface area contributed by atoms with Gasteiger partial charge >= 0.3 is 0 Å². The predicted molar refractivity (Wildman–Crippen MR) is 113 cm³/mol. The Morgan fingerprint density at radius 2 is 2.19 bits per heavy atom. The van der Waals surface area contributed by atoms with Gasteiger partial charge in [0.05, 0.1) is 18.2 Å². The lowest BCUT2D eigenvalue weighted by Gasteiger charge is -2.23. The van der Waals surface area contributed by atoms with E-state index in [1.807, 2.05) is 30.0 Å². The molecule has 7 heteroatoms. The Morgan fingerprint density at radius 1 is 1.35 bits per heavy atom. The van der Waals surface area contributed by atoms with E-state index < -0.39 is 0 Å². The summed E-state index contributed by atoms with van der Waals surface area (Å²) in [5.74, 6) is 0.760. The maximum absolute atomic E-state index is 12.6. The lowest BCUT2D eigenvalue weighted by atomic mass is 9.96. The number of benzene rings is 1. The molecule has 2 bridgehead atoms. The van der Waals surface area contributed by atoms with Gasteiger partial charge in [-0.2, -0.15) is 0 Å². The molecule has 2 saturated heterocycles. The largest absolute Gasteiger partial charge is 0.373 e. The number of rotatable bonds is 4. The molecule has 3 aliphatic rings. The highest BCUT2D eigenvalue weighted by Crippen LogP contribution is 2.34. The Kier molecular flexibility index (Phi) is 6.39. The summed E-state index contributed by atoms with van der Waals surface area (Å²) in [6.07, 6.45) is 4.92. The second kappa shape index (κ2) is 8.56. The zero-order valence-corrected chi connectivity index (χ0v) is 17.4. The summed E-state index contributed by atoms with van der Waals surface area (Å²) in [5.41, 5.74) is 2.27. The van der Waals surface area contributed by atoms with Crippen molar-refractivity contribution in [3.63, 3.8) is 0 Å². The number of halogens is 1. The van der Waals surface area contributed by atoms with Crippen LogP contribution in [0.25, 0.3) is 0 Å². The van der Waals surface area contributed by atoms with Gasteiger partial charge in [0.1, 0.15) is 6.54 Å². The zero-order valence-electron chi connectivity index (χ0n) is 15.1. The Morgan fingerprint density at radius 3 is 2.92 bits per heavy atom. The molecule has 142 valence electrons. The molecular weight excluding hydrogens is 443 g/mol. The third-order valence-corrected chi connectivity index (χ3v) is 5.33. The van der Waals surface area contributed by atoms with Crippen molar-refractivity contribution in [3.05, 3.63) is 29.8 Å². The van der Waals surface area contributed by atoms with Gasteiger partial charge in [-0.1, -0.05) is 18.2 Å². The number of aliphatic imine (C=N–C) groups is 1.